The van der Waals surface area contributed by atoms with E-state index in [0.29, 0.717) is 18.7 Å². The van der Waals surface area contributed by atoms with E-state index < -0.39 is 5.91 Å². The third-order valence-corrected chi connectivity index (χ3v) is 4.84. The molecule has 2 heterocycles. The smallest absolute Gasteiger partial charge is 0.267 e. The average molecular weight is 375 g/mol. The van der Waals surface area contributed by atoms with Gasteiger partial charge in [0.25, 0.3) is 5.91 Å². The third kappa shape index (κ3) is 3.48. The Morgan fingerprint density at radius 1 is 1.14 bits per heavy atom. The maximum Gasteiger partial charge on any atom is 0.267 e. The second-order valence-corrected chi connectivity index (χ2v) is 6.71. The zero-order chi connectivity index (χ0) is 19.5. The highest BCUT2D eigenvalue weighted by Gasteiger charge is 2.15. The molecule has 4 rings (SSSR count). The molecule has 8 nitrogen and oxygen atoms in total. The van der Waals surface area contributed by atoms with Crippen molar-refractivity contribution < 1.29 is 4.79 Å². The largest absolute Gasteiger partial charge is 0.364 e. The highest BCUT2D eigenvalue weighted by molar-refractivity contribution is 6.04. The van der Waals surface area contributed by atoms with Gasteiger partial charge in [-0.2, -0.15) is 5.10 Å². The fraction of sp³-hybridized carbons (Fsp3) is 0.250. The van der Waals surface area contributed by atoms with Crippen LogP contribution in [0.25, 0.3) is 10.9 Å². The summed E-state index contributed by atoms with van der Waals surface area (Å²) in [5.74, 6) is 0.317. The first-order chi connectivity index (χ1) is 13.7. The maximum atomic E-state index is 11.7. The van der Waals surface area contributed by atoms with Crippen LogP contribution in [-0.4, -0.2) is 36.3 Å². The molecule has 0 unspecified atom stereocenters. The molecule has 8 heteroatoms. The summed E-state index contributed by atoms with van der Waals surface area (Å²) < 4.78 is 1.82. The van der Waals surface area contributed by atoms with Gasteiger partial charge in [-0.05, 0) is 46.0 Å². The van der Waals surface area contributed by atoms with Crippen LogP contribution in [0.4, 0.5) is 0 Å². The van der Waals surface area contributed by atoms with E-state index in [1.165, 1.54) is 0 Å². The van der Waals surface area contributed by atoms with E-state index in [9.17, 15) is 4.79 Å². The van der Waals surface area contributed by atoms with Crippen LogP contribution < -0.4 is 5.73 Å². The fourth-order valence-corrected chi connectivity index (χ4v) is 3.39. The Kier molecular flexibility index (Phi) is 4.84. The molecule has 1 amide bonds. The molecule has 0 saturated heterocycles. The number of tetrazole rings is 1. The van der Waals surface area contributed by atoms with Gasteiger partial charge in [-0.1, -0.05) is 43.3 Å². The predicted molar refractivity (Wildman–Crippen MR) is 105 cm³/mol. The number of carbonyl (C=O) groups is 1. The van der Waals surface area contributed by atoms with Gasteiger partial charge in [0.2, 0.25) is 0 Å². The predicted octanol–water partition coefficient (Wildman–Crippen LogP) is 2.04. The van der Waals surface area contributed by atoms with E-state index in [4.69, 9.17) is 5.73 Å². The van der Waals surface area contributed by atoms with Crippen LogP contribution in [-0.2, 0) is 25.8 Å². The van der Waals surface area contributed by atoms with E-state index >= 15 is 0 Å². The van der Waals surface area contributed by atoms with Gasteiger partial charge in [0.05, 0.1) is 12.1 Å². The van der Waals surface area contributed by atoms with Crippen LogP contribution in [0.2, 0.25) is 0 Å². The minimum Gasteiger partial charge on any atom is -0.364 e. The van der Waals surface area contributed by atoms with Crippen LogP contribution >= 0.6 is 0 Å². The van der Waals surface area contributed by atoms with Gasteiger partial charge >= 0.3 is 0 Å². The number of primary amides is 1. The number of benzene rings is 2. The summed E-state index contributed by atoms with van der Waals surface area (Å²) in [4.78, 5) is 11.7. The summed E-state index contributed by atoms with van der Waals surface area (Å²) in [6.45, 7) is 2.70. The molecule has 0 aliphatic carbocycles. The molecule has 0 atom stereocenters. The summed E-state index contributed by atoms with van der Waals surface area (Å²) in [6, 6.07) is 14.2. The zero-order valence-electron chi connectivity index (χ0n) is 15.6. The molecule has 0 aliphatic heterocycles. The highest BCUT2D eigenvalue weighted by Crippen LogP contribution is 2.23. The topological polar surface area (TPSA) is 115 Å². The average Bonchev–Trinajstić information content (AvgIpc) is 3.33. The standard InChI is InChI=1S/C20H21N7O/c1-2-15-10-14(11-16-18(15)23-24-19(16)20(21)28)8-9-17-22-25-26-27(17)12-13-6-4-3-5-7-13/h3-7,10-11H,2,8-9,12H2,1H3,(H2,21,28)(H,23,24). The SMILES string of the molecule is CCc1cc(CCc2nnnn2Cc2ccccc2)cc2c(C(N)=O)[nH]nc12. The van der Waals surface area contributed by atoms with Gasteiger partial charge in [-0.3, -0.25) is 9.89 Å². The molecule has 0 fully saturated rings. The van der Waals surface area contributed by atoms with Gasteiger partial charge in [0, 0.05) is 11.8 Å². The molecule has 28 heavy (non-hydrogen) atoms. The first-order valence-corrected chi connectivity index (χ1v) is 9.24. The number of nitrogens with two attached hydrogens (primary N) is 1. The Morgan fingerprint density at radius 2 is 1.96 bits per heavy atom. The number of hydrogen-bond donors (Lipinski definition) is 2. The number of nitrogens with zero attached hydrogens (tertiary/aromatic N) is 5. The molecule has 0 bridgehead atoms. The van der Waals surface area contributed by atoms with Crippen molar-refractivity contribution in [3.05, 3.63) is 70.7 Å². The van der Waals surface area contributed by atoms with Crippen molar-refractivity contribution in [2.24, 2.45) is 5.73 Å². The lowest BCUT2D eigenvalue weighted by Crippen LogP contribution is -2.12. The lowest BCUT2D eigenvalue weighted by molar-refractivity contribution is 0.0997. The van der Waals surface area contributed by atoms with E-state index in [2.05, 4.69) is 50.8 Å². The lowest BCUT2D eigenvalue weighted by atomic mass is 10.00. The number of rotatable bonds is 7. The monoisotopic (exact) mass is 375 g/mol. The van der Waals surface area contributed by atoms with Gasteiger partial charge in [-0.25, -0.2) is 4.68 Å². The molecule has 0 aliphatic rings. The summed E-state index contributed by atoms with van der Waals surface area (Å²) in [6.07, 6.45) is 2.26. The second kappa shape index (κ2) is 7.59. The van der Waals surface area contributed by atoms with Crippen molar-refractivity contribution in [1.29, 1.82) is 0 Å². The number of aromatic nitrogens is 6. The Bertz CT molecular complexity index is 1110. The quantitative estimate of drug-likeness (QED) is 0.513. The minimum absolute atomic E-state index is 0.348. The Labute approximate surface area is 161 Å². The molecule has 2 aromatic heterocycles. The number of amides is 1. The number of carbonyl (C=O) groups excluding carboxylic acids is 1. The number of fused-ring (bicyclic) bond motifs is 1. The summed E-state index contributed by atoms with van der Waals surface area (Å²) >= 11 is 0. The number of nitrogens with one attached hydrogen (secondary N) is 1. The van der Waals surface area contributed by atoms with Crippen LogP contribution in [0.3, 0.4) is 0 Å². The lowest BCUT2D eigenvalue weighted by Gasteiger charge is -2.07. The normalized spacial score (nSPS) is 11.2. The summed E-state index contributed by atoms with van der Waals surface area (Å²) in [7, 11) is 0. The van der Waals surface area contributed by atoms with E-state index in [0.717, 1.165) is 46.3 Å². The van der Waals surface area contributed by atoms with E-state index in [1.54, 1.807) is 0 Å². The van der Waals surface area contributed by atoms with Crippen LogP contribution in [0, 0.1) is 0 Å². The minimum atomic E-state index is -0.506. The van der Waals surface area contributed by atoms with Crippen molar-refractivity contribution in [1.82, 2.24) is 30.4 Å². The van der Waals surface area contributed by atoms with Crippen molar-refractivity contribution in [3.8, 4) is 0 Å². The first-order valence-electron chi connectivity index (χ1n) is 9.24. The molecular formula is C20H21N7O. The molecule has 0 spiro atoms. The van der Waals surface area contributed by atoms with Gasteiger partial charge < -0.3 is 5.73 Å². The van der Waals surface area contributed by atoms with Crippen molar-refractivity contribution in [2.45, 2.75) is 32.7 Å². The number of hydrogen-bond acceptors (Lipinski definition) is 5. The van der Waals surface area contributed by atoms with Crippen molar-refractivity contribution >= 4 is 16.8 Å². The van der Waals surface area contributed by atoms with E-state index in [-0.39, 0.29) is 0 Å². The van der Waals surface area contributed by atoms with Gasteiger partial charge in [-0.15, -0.1) is 5.10 Å². The molecule has 0 radical (unpaired) electrons. The van der Waals surface area contributed by atoms with Crippen LogP contribution in [0.1, 0.15) is 39.9 Å². The summed E-state index contributed by atoms with van der Waals surface area (Å²) in [5, 5.41) is 19.9. The molecule has 0 saturated carbocycles. The number of H-pyrrole nitrogens is 1. The molecule has 142 valence electrons. The highest BCUT2D eigenvalue weighted by atomic mass is 16.1. The summed E-state index contributed by atoms with van der Waals surface area (Å²) in [5.41, 5.74) is 9.95. The van der Waals surface area contributed by atoms with Gasteiger partial charge in [0.15, 0.2) is 5.82 Å². The third-order valence-electron chi connectivity index (χ3n) is 4.84. The number of aromatic amines is 1. The molecule has 3 N–H and O–H groups in total. The molecule has 4 aromatic rings. The maximum absolute atomic E-state index is 11.7. The Balaban J connectivity index is 1.57. The first kappa shape index (κ1) is 17.8. The van der Waals surface area contributed by atoms with Crippen molar-refractivity contribution in [2.75, 3.05) is 0 Å². The molecular weight excluding hydrogens is 354 g/mol. The van der Waals surface area contributed by atoms with Gasteiger partial charge in [0.1, 0.15) is 5.69 Å². The molecule has 2 aromatic carbocycles. The zero-order valence-corrected chi connectivity index (χ0v) is 15.6. The Hall–Kier alpha value is -3.55. The second-order valence-electron chi connectivity index (χ2n) is 6.71. The van der Waals surface area contributed by atoms with Crippen LogP contribution in [0.15, 0.2) is 42.5 Å². The van der Waals surface area contributed by atoms with Crippen molar-refractivity contribution in [3.63, 3.8) is 0 Å². The van der Waals surface area contributed by atoms with Crippen LogP contribution in [0.5, 0.6) is 0 Å². The van der Waals surface area contributed by atoms with E-state index in [1.807, 2.05) is 28.9 Å². The fourth-order valence-electron chi connectivity index (χ4n) is 3.39. The Morgan fingerprint density at radius 3 is 2.71 bits per heavy atom. The number of aryl methyl sites for hydroxylation is 3.